The summed E-state index contributed by atoms with van der Waals surface area (Å²) in [6.45, 7) is 25.9. The van der Waals surface area contributed by atoms with Crippen molar-refractivity contribution in [2.24, 2.45) is 5.41 Å². The van der Waals surface area contributed by atoms with Gasteiger partial charge in [-0.2, -0.15) is 0 Å². The molecule has 6 aromatic carbocycles. The van der Waals surface area contributed by atoms with E-state index in [-0.39, 0.29) is 17.8 Å². The third-order valence-corrected chi connectivity index (χ3v) is 13.6. The number of hydrogen-bond acceptors (Lipinski definition) is 9. The highest BCUT2D eigenvalue weighted by atomic mass is 16.5. The van der Waals surface area contributed by atoms with Crippen molar-refractivity contribution in [3.8, 4) is 0 Å². The van der Waals surface area contributed by atoms with Crippen LogP contribution >= 0.6 is 0 Å². The van der Waals surface area contributed by atoms with E-state index in [1.54, 1.807) is 60.3 Å². The van der Waals surface area contributed by atoms with Crippen LogP contribution in [0.5, 0.6) is 0 Å². The fourth-order valence-corrected chi connectivity index (χ4v) is 7.81. The van der Waals surface area contributed by atoms with Gasteiger partial charge in [0.25, 0.3) is 0 Å². The third kappa shape index (κ3) is 22.9. The Hall–Kier alpha value is -7.70. The number of hydrogen-bond donors (Lipinski definition) is 2. The number of aliphatic carboxylic acids is 1. The maximum atomic E-state index is 13.1. The number of rotatable bonds is 21. The molecule has 0 aromatic heterocycles. The molecule has 0 saturated heterocycles. The highest BCUT2D eigenvalue weighted by Crippen LogP contribution is 2.35. The number of benzene rings is 6. The van der Waals surface area contributed by atoms with Crippen molar-refractivity contribution < 1.29 is 48.0 Å². The number of methoxy groups -OCH3 is 5. The summed E-state index contributed by atoms with van der Waals surface area (Å²) in [5, 5.41) is 12.2. The average molecular weight is 1090 g/mol. The van der Waals surface area contributed by atoms with Gasteiger partial charge in [-0.25, -0.2) is 0 Å². The molecule has 2 N–H and O–H groups in total. The molecule has 0 aliphatic carbocycles. The van der Waals surface area contributed by atoms with Gasteiger partial charge in [-0.1, -0.05) is 200 Å². The van der Waals surface area contributed by atoms with Gasteiger partial charge in [-0.05, 0) is 101 Å². The Morgan fingerprint density at radius 2 is 0.675 bits per heavy atom. The van der Waals surface area contributed by atoms with Crippen molar-refractivity contribution in [2.75, 3.05) is 35.5 Å². The summed E-state index contributed by atoms with van der Waals surface area (Å²) in [6.07, 6.45) is 6.63. The Labute approximate surface area is 478 Å². The van der Waals surface area contributed by atoms with E-state index < -0.39 is 33.2 Å². The van der Waals surface area contributed by atoms with E-state index in [0.717, 1.165) is 16.7 Å². The minimum atomic E-state index is -0.872. The predicted molar refractivity (Wildman–Crippen MR) is 325 cm³/mol. The van der Waals surface area contributed by atoms with Crippen LogP contribution in [0.3, 0.4) is 0 Å². The van der Waals surface area contributed by atoms with Crippen LogP contribution in [0.25, 0.3) is 0 Å². The fraction of sp³-hybridized carbons (Fsp3) is 0.333. The van der Waals surface area contributed by atoms with Gasteiger partial charge in [0.2, 0.25) is 5.91 Å². The molecule has 80 heavy (non-hydrogen) atoms. The van der Waals surface area contributed by atoms with E-state index in [0.29, 0.717) is 39.1 Å². The normalized spacial score (nSPS) is 12.7. The number of carboxylic acids is 1. The molecule has 11 heteroatoms. The van der Waals surface area contributed by atoms with Crippen molar-refractivity contribution in [1.82, 2.24) is 5.32 Å². The summed E-state index contributed by atoms with van der Waals surface area (Å²) in [7, 11) is 7.87. The quantitative estimate of drug-likeness (QED) is 0.0527. The monoisotopic (exact) mass is 1090 g/mol. The first-order chi connectivity index (χ1) is 38.1. The molecule has 0 radical (unpaired) electrons. The van der Waals surface area contributed by atoms with Crippen LogP contribution in [-0.2, 0) is 78.9 Å². The highest BCUT2D eigenvalue weighted by Gasteiger charge is 2.47. The molecular weight excluding hydrogens is 1000 g/mol. The standard InChI is InChI=1S/C20H29NO3.C13H16O2.C12H14O2.3C8H10O/c1-8-14-20(6,15-12-10-9-11-13-15)16(22)21-19(4,5)18(2,3)17(23)24-7;1-4-10-13(2,12(14)15-3)11-8-6-5-7-9-11;1-3-9-12(2,11(13)14)10-7-5-4-6-8-10;3*1-9-7-8-5-3-2-4-6-8/h8-13H,1,14H2,2-7H3,(H,21,22);4-9H,1,10H2,2-3H3;3-8H,1,9H2,2H3,(H,13,14);3*2-6H,7H2,1H3. The van der Waals surface area contributed by atoms with Crippen LogP contribution in [0, 0.1) is 5.41 Å². The molecule has 3 atom stereocenters. The Morgan fingerprint density at radius 3 is 0.950 bits per heavy atom. The lowest BCUT2D eigenvalue weighted by molar-refractivity contribution is -0.156. The van der Waals surface area contributed by atoms with Crippen LogP contribution in [-0.4, -0.2) is 70.0 Å². The van der Waals surface area contributed by atoms with Gasteiger partial charge in [0.15, 0.2) is 0 Å². The summed E-state index contributed by atoms with van der Waals surface area (Å²) in [5.74, 6) is -1.55. The summed E-state index contributed by atoms with van der Waals surface area (Å²) in [5.41, 5.74) is 2.45. The first-order valence-electron chi connectivity index (χ1n) is 26.4. The van der Waals surface area contributed by atoms with Crippen molar-refractivity contribution >= 4 is 23.8 Å². The molecule has 0 aliphatic rings. The zero-order chi connectivity index (χ0) is 60.1. The van der Waals surface area contributed by atoms with Gasteiger partial charge in [0, 0.05) is 26.9 Å². The topological polar surface area (TPSA) is 147 Å². The lowest BCUT2D eigenvalue weighted by atomic mass is 9.72. The molecule has 0 fully saturated rings. The summed E-state index contributed by atoms with van der Waals surface area (Å²) in [6, 6.07) is 58.8. The van der Waals surface area contributed by atoms with E-state index in [2.05, 4.69) is 25.1 Å². The SMILES string of the molecule is C=CCC(C)(C(=O)NC(C)(C)C(C)(C)C(=O)OC)c1ccccc1.C=CCC(C)(C(=O)O)c1ccccc1.C=CCC(C)(C(=O)OC)c1ccccc1.COCc1ccccc1.COCc1ccccc1.COCc1ccccc1. The number of esters is 2. The highest BCUT2D eigenvalue weighted by molar-refractivity contribution is 5.90. The molecule has 6 aromatic rings. The molecule has 0 aliphatic heterocycles. The van der Waals surface area contributed by atoms with Gasteiger partial charge >= 0.3 is 17.9 Å². The van der Waals surface area contributed by atoms with Crippen LogP contribution in [0.2, 0.25) is 0 Å². The first kappa shape index (κ1) is 70.3. The van der Waals surface area contributed by atoms with Crippen molar-refractivity contribution in [3.05, 3.63) is 253 Å². The Balaban J connectivity index is 0.000000501. The second kappa shape index (κ2) is 37.2. The van der Waals surface area contributed by atoms with E-state index in [1.165, 1.54) is 30.9 Å². The van der Waals surface area contributed by atoms with Crippen LogP contribution in [0.15, 0.2) is 220 Å². The first-order valence-corrected chi connectivity index (χ1v) is 26.4. The number of amides is 1. The number of nitrogens with one attached hydrogen (secondary N) is 1. The summed E-state index contributed by atoms with van der Waals surface area (Å²) < 4.78 is 24.5. The zero-order valence-electron chi connectivity index (χ0n) is 49.5. The lowest BCUT2D eigenvalue weighted by Gasteiger charge is -2.42. The number of carbonyl (C=O) groups is 4. The number of carboxylic acid groups (broad SMARTS) is 1. The van der Waals surface area contributed by atoms with Crippen LogP contribution in [0.1, 0.15) is 101 Å². The predicted octanol–water partition coefficient (Wildman–Crippen LogP) is 14.4. The molecule has 430 valence electrons. The second-order valence-electron chi connectivity index (χ2n) is 20.3. The molecule has 0 spiro atoms. The minimum absolute atomic E-state index is 0.143. The molecule has 1 amide bonds. The number of carbonyl (C=O) groups excluding carboxylic acids is 3. The average Bonchev–Trinajstić information content (AvgIpc) is 3.47. The van der Waals surface area contributed by atoms with Gasteiger partial charge in [-0.15, -0.1) is 19.7 Å². The Kier molecular flexibility index (Phi) is 32.7. The molecular formula is C69H89NO10. The number of ether oxygens (including phenoxy) is 5. The smallest absolute Gasteiger partial charge is 0.316 e. The molecule has 3 unspecified atom stereocenters. The van der Waals surface area contributed by atoms with E-state index in [4.69, 9.17) is 28.8 Å². The van der Waals surface area contributed by atoms with Crippen molar-refractivity contribution in [2.45, 2.75) is 109 Å². The van der Waals surface area contributed by atoms with Gasteiger partial charge < -0.3 is 34.1 Å². The van der Waals surface area contributed by atoms with Crippen molar-refractivity contribution in [1.29, 1.82) is 0 Å². The van der Waals surface area contributed by atoms with Crippen molar-refractivity contribution in [3.63, 3.8) is 0 Å². The van der Waals surface area contributed by atoms with E-state index >= 15 is 0 Å². The Bertz CT molecular complexity index is 2580. The fourth-order valence-electron chi connectivity index (χ4n) is 7.81. The van der Waals surface area contributed by atoms with E-state index in [1.807, 2.05) is 210 Å². The molecule has 6 rings (SSSR count). The van der Waals surface area contributed by atoms with Gasteiger partial charge in [-0.3, -0.25) is 19.2 Å². The van der Waals surface area contributed by atoms with Gasteiger partial charge in [0.05, 0.1) is 55.7 Å². The lowest BCUT2D eigenvalue weighted by Crippen LogP contribution is -2.60. The maximum Gasteiger partial charge on any atom is 0.316 e. The molecule has 0 heterocycles. The van der Waals surface area contributed by atoms with Crippen LogP contribution in [0.4, 0.5) is 0 Å². The van der Waals surface area contributed by atoms with Gasteiger partial charge in [0.1, 0.15) is 0 Å². The minimum Gasteiger partial charge on any atom is -0.481 e. The Morgan fingerprint density at radius 1 is 0.412 bits per heavy atom. The van der Waals surface area contributed by atoms with Crippen LogP contribution < -0.4 is 5.32 Å². The third-order valence-electron chi connectivity index (χ3n) is 13.6. The molecule has 11 nitrogen and oxygen atoms in total. The summed E-state index contributed by atoms with van der Waals surface area (Å²) in [4.78, 5) is 48.2. The summed E-state index contributed by atoms with van der Waals surface area (Å²) >= 11 is 0. The second-order valence-corrected chi connectivity index (χ2v) is 20.3. The zero-order valence-corrected chi connectivity index (χ0v) is 49.5. The number of allylic oxidation sites excluding steroid dienone is 3. The maximum absolute atomic E-state index is 13.1. The molecule has 0 saturated carbocycles. The molecule has 0 bridgehead atoms. The van der Waals surface area contributed by atoms with E-state index in [9.17, 15) is 19.2 Å². The largest absolute Gasteiger partial charge is 0.481 e.